The first kappa shape index (κ1) is 21.3. The van der Waals surface area contributed by atoms with E-state index < -0.39 is 0 Å². The lowest BCUT2D eigenvalue weighted by Gasteiger charge is -2.32. The van der Waals surface area contributed by atoms with E-state index >= 15 is 0 Å². The van der Waals surface area contributed by atoms with Crippen molar-refractivity contribution in [1.29, 1.82) is 0 Å². The van der Waals surface area contributed by atoms with Crippen molar-refractivity contribution in [3.63, 3.8) is 0 Å². The first-order chi connectivity index (χ1) is 14.8. The van der Waals surface area contributed by atoms with Crippen molar-refractivity contribution in [1.82, 2.24) is 4.90 Å². The lowest BCUT2D eigenvalue weighted by atomic mass is 9.82. The summed E-state index contributed by atoms with van der Waals surface area (Å²) in [5.41, 5.74) is 11.9. The highest BCUT2D eigenvalue weighted by Crippen LogP contribution is 2.43. The molecular weight excluding hydrogens is 368 g/mol. The lowest BCUT2D eigenvalue weighted by Crippen LogP contribution is -2.40. The molecule has 0 amide bonds. The third-order valence-corrected chi connectivity index (χ3v) is 7.01. The maximum Gasteiger partial charge on any atom is 0.134 e. The summed E-state index contributed by atoms with van der Waals surface area (Å²) in [6.07, 6.45) is 26.6. The Kier molecular flexibility index (Phi) is 7.37. The normalized spacial score (nSPS) is 24.9. The van der Waals surface area contributed by atoms with E-state index in [1.54, 1.807) is 6.34 Å². The molecule has 2 unspecified atom stereocenters. The smallest absolute Gasteiger partial charge is 0.134 e. The van der Waals surface area contributed by atoms with Crippen molar-refractivity contribution in [3.05, 3.63) is 46.6 Å². The molecule has 162 valence electrons. The van der Waals surface area contributed by atoms with Gasteiger partial charge in [-0.05, 0) is 36.0 Å². The van der Waals surface area contributed by atoms with E-state index in [0.717, 1.165) is 19.4 Å². The number of hydrogen-bond donors (Lipinski definition) is 1. The minimum atomic E-state index is 0.0617. The molecule has 0 fully saturated rings. The first-order valence-electron chi connectivity index (χ1n) is 12.2. The molecule has 2 heterocycles. The van der Waals surface area contributed by atoms with E-state index in [0.29, 0.717) is 11.9 Å². The molecule has 2 aliphatic carbocycles. The third kappa shape index (κ3) is 4.69. The highest BCUT2D eigenvalue weighted by molar-refractivity contribution is 6.05. The van der Waals surface area contributed by atoms with Gasteiger partial charge >= 0.3 is 0 Å². The topological polar surface area (TPSA) is 54.0 Å². The van der Waals surface area contributed by atoms with Crippen LogP contribution in [0.25, 0.3) is 0 Å². The largest absolute Gasteiger partial charge is 0.383 e. The Hall–Kier alpha value is -1.94. The maximum atomic E-state index is 6.33. The molecule has 0 aromatic rings. The van der Waals surface area contributed by atoms with Crippen LogP contribution < -0.4 is 5.73 Å². The van der Waals surface area contributed by atoms with E-state index in [2.05, 4.69) is 41.1 Å². The third-order valence-electron chi connectivity index (χ3n) is 7.01. The monoisotopic (exact) mass is 406 g/mol. The average molecular weight is 407 g/mol. The summed E-state index contributed by atoms with van der Waals surface area (Å²) in [5, 5.41) is 0. The van der Waals surface area contributed by atoms with Gasteiger partial charge in [-0.15, -0.1) is 0 Å². The zero-order valence-corrected chi connectivity index (χ0v) is 18.7. The number of rotatable bonds is 11. The molecule has 2 atom stereocenters. The molecular formula is C26H38N4. The van der Waals surface area contributed by atoms with Gasteiger partial charge in [0.15, 0.2) is 0 Å². The molecule has 2 N–H and O–H groups in total. The number of allylic oxidation sites excluding steroid dienone is 5. The summed E-state index contributed by atoms with van der Waals surface area (Å²) >= 11 is 0. The van der Waals surface area contributed by atoms with Crippen LogP contribution in [-0.4, -0.2) is 35.8 Å². The summed E-state index contributed by atoms with van der Waals surface area (Å²) in [6.45, 7) is 3.37. The van der Waals surface area contributed by atoms with E-state index in [-0.39, 0.29) is 6.17 Å². The van der Waals surface area contributed by atoms with E-state index in [1.165, 1.54) is 86.5 Å². The summed E-state index contributed by atoms with van der Waals surface area (Å²) in [6, 6.07) is 0.339. The van der Waals surface area contributed by atoms with Crippen molar-refractivity contribution in [2.45, 2.75) is 96.2 Å². The van der Waals surface area contributed by atoms with Gasteiger partial charge < -0.3 is 5.73 Å². The predicted molar refractivity (Wildman–Crippen MR) is 128 cm³/mol. The van der Waals surface area contributed by atoms with Crippen LogP contribution in [0.4, 0.5) is 0 Å². The Morgan fingerprint density at radius 3 is 2.50 bits per heavy atom. The fourth-order valence-electron chi connectivity index (χ4n) is 5.33. The second-order valence-corrected chi connectivity index (χ2v) is 9.15. The van der Waals surface area contributed by atoms with Gasteiger partial charge in [-0.2, -0.15) is 0 Å². The molecule has 0 aromatic heterocycles. The molecule has 30 heavy (non-hydrogen) atoms. The van der Waals surface area contributed by atoms with Gasteiger partial charge in [-0.3, -0.25) is 4.90 Å². The fourth-order valence-corrected chi connectivity index (χ4v) is 5.33. The van der Waals surface area contributed by atoms with Crippen molar-refractivity contribution < 1.29 is 0 Å². The molecule has 0 aromatic carbocycles. The zero-order valence-electron chi connectivity index (χ0n) is 18.7. The van der Waals surface area contributed by atoms with Crippen molar-refractivity contribution in [2.75, 3.05) is 6.54 Å². The van der Waals surface area contributed by atoms with Crippen LogP contribution >= 0.6 is 0 Å². The van der Waals surface area contributed by atoms with Crippen LogP contribution in [0.15, 0.2) is 56.6 Å². The Balaban J connectivity index is 1.31. The lowest BCUT2D eigenvalue weighted by molar-refractivity contribution is 0.225. The van der Waals surface area contributed by atoms with Gasteiger partial charge in [0.1, 0.15) is 18.3 Å². The summed E-state index contributed by atoms with van der Waals surface area (Å²) in [5.74, 6) is 0.671. The van der Waals surface area contributed by atoms with E-state index in [4.69, 9.17) is 10.7 Å². The number of fused-ring (bicyclic) bond motifs is 3. The highest BCUT2D eigenvalue weighted by atomic mass is 15.3. The highest BCUT2D eigenvalue weighted by Gasteiger charge is 2.43. The van der Waals surface area contributed by atoms with Crippen LogP contribution in [0.3, 0.4) is 0 Å². The first-order valence-corrected chi connectivity index (χ1v) is 12.2. The number of nitrogens with two attached hydrogens (primary N) is 1. The minimum Gasteiger partial charge on any atom is -0.383 e. The van der Waals surface area contributed by atoms with Gasteiger partial charge in [0.2, 0.25) is 0 Å². The van der Waals surface area contributed by atoms with Crippen LogP contribution in [0, 0.1) is 0 Å². The molecule has 0 bridgehead atoms. The van der Waals surface area contributed by atoms with Gasteiger partial charge in [0, 0.05) is 12.1 Å². The quantitative estimate of drug-likeness (QED) is 0.439. The molecule has 0 saturated carbocycles. The number of unbranched alkanes of at least 4 members (excludes halogenated alkanes) is 9. The Labute approximate surface area is 182 Å². The van der Waals surface area contributed by atoms with Crippen LogP contribution in [-0.2, 0) is 0 Å². The second kappa shape index (κ2) is 10.4. The Morgan fingerprint density at radius 2 is 1.73 bits per heavy atom. The van der Waals surface area contributed by atoms with Crippen LogP contribution in [0.1, 0.15) is 84.0 Å². The molecule has 0 saturated heterocycles. The second-order valence-electron chi connectivity index (χ2n) is 9.15. The van der Waals surface area contributed by atoms with Gasteiger partial charge in [-0.25, -0.2) is 9.98 Å². The predicted octanol–water partition coefficient (Wildman–Crippen LogP) is 5.83. The zero-order chi connectivity index (χ0) is 20.8. The van der Waals surface area contributed by atoms with Crippen LogP contribution in [0.2, 0.25) is 0 Å². The summed E-state index contributed by atoms with van der Waals surface area (Å²) < 4.78 is 0. The summed E-state index contributed by atoms with van der Waals surface area (Å²) in [4.78, 5) is 11.6. The van der Waals surface area contributed by atoms with Gasteiger partial charge in [0.05, 0.1) is 6.04 Å². The molecule has 4 rings (SSSR count). The Morgan fingerprint density at radius 1 is 1.00 bits per heavy atom. The number of nitrogens with zero attached hydrogens (tertiary/aromatic N) is 3. The SMILES string of the molecule is CCCCCCCCCCCCN1C2C=C3CC=CC=C3CC2=C2C(N)=NC=NC21. The van der Waals surface area contributed by atoms with E-state index in [9.17, 15) is 0 Å². The van der Waals surface area contributed by atoms with E-state index in [1.807, 2.05) is 0 Å². The van der Waals surface area contributed by atoms with Crippen molar-refractivity contribution >= 4 is 12.2 Å². The molecule has 0 radical (unpaired) electrons. The molecule has 0 spiro atoms. The number of hydrogen-bond acceptors (Lipinski definition) is 4. The summed E-state index contributed by atoms with van der Waals surface area (Å²) in [7, 11) is 0. The molecule has 2 aliphatic heterocycles. The molecule has 4 heteroatoms. The van der Waals surface area contributed by atoms with Gasteiger partial charge in [0.25, 0.3) is 0 Å². The molecule has 4 nitrogen and oxygen atoms in total. The average Bonchev–Trinajstić information content (AvgIpc) is 3.07. The minimum absolute atomic E-state index is 0.0617. The van der Waals surface area contributed by atoms with Crippen molar-refractivity contribution in [2.24, 2.45) is 15.7 Å². The number of aliphatic imine (C=N–C) groups is 2. The Bertz CT molecular complexity index is 796. The standard InChI is InChI=1S/C26H38N4/c1-2-3-4-5-6-7-8-9-10-13-16-30-23-18-21-15-12-11-14-20(21)17-22(23)24-25(27)28-19-29-26(24)30/h11-12,14,18-19,23,26H,2-10,13,15-17H2,1H3,(H2,27,28,29). The number of amidine groups is 1. The molecule has 4 aliphatic rings. The van der Waals surface area contributed by atoms with Gasteiger partial charge in [-0.1, -0.05) is 89.0 Å². The fraction of sp³-hybridized carbons (Fsp3) is 0.615. The van der Waals surface area contributed by atoms with Crippen LogP contribution in [0.5, 0.6) is 0 Å². The maximum absolute atomic E-state index is 6.33. The van der Waals surface area contributed by atoms with Crippen molar-refractivity contribution in [3.8, 4) is 0 Å².